The summed E-state index contributed by atoms with van der Waals surface area (Å²) in [5.74, 6) is -0.991. The number of carboxylic acids is 1. The van der Waals surface area contributed by atoms with Crippen LogP contribution in [-0.2, 0) is 9.53 Å². The molecular weight excluding hydrogens is 146 g/mol. The van der Waals surface area contributed by atoms with E-state index in [9.17, 15) is 4.79 Å². The van der Waals surface area contributed by atoms with Gasteiger partial charge in [-0.3, -0.25) is 0 Å². The van der Waals surface area contributed by atoms with E-state index in [4.69, 9.17) is 9.84 Å². The van der Waals surface area contributed by atoms with Crippen LogP contribution in [0.5, 0.6) is 0 Å². The molecular formula is C7H9NO3. The molecule has 0 aliphatic heterocycles. The number of aliphatic carboxylic acids is 1. The zero-order valence-corrected chi connectivity index (χ0v) is 6.07. The van der Waals surface area contributed by atoms with Gasteiger partial charge in [0.1, 0.15) is 0 Å². The van der Waals surface area contributed by atoms with Crippen LogP contribution in [0.2, 0.25) is 0 Å². The Morgan fingerprint density at radius 2 is 2.55 bits per heavy atom. The summed E-state index contributed by atoms with van der Waals surface area (Å²) < 4.78 is 4.73. The summed E-state index contributed by atoms with van der Waals surface area (Å²) in [7, 11) is 1.36. The fourth-order valence-electron chi connectivity index (χ4n) is 0.868. The lowest BCUT2D eigenvalue weighted by molar-refractivity contribution is -0.149. The molecule has 0 saturated carbocycles. The predicted molar refractivity (Wildman–Crippen MR) is 38.2 cm³/mol. The summed E-state index contributed by atoms with van der Waals surface area (Å²) in [6.45, 7) is 0. The number of hydrogen-bond donors (Lipinski definition) is 2. The van der Waals surface area contributed by atoms with Crippen molar-refractivity contribution in [3.05, 3.63) is 24.0 Å². The maximum absolute atomic E-state index is 10.5. The Morgan fingerprint density at radius 1 is 1.82 bits per heavy atom. The number of rotatable bonds is 3. The molecule has 0 aliphatic carbocycles. The fourth-order valence-corrected chi connectivity index (χ4v) is 0.868. The van der Waals surface area contributed by atoms with Crippen LogP contribution in [0.3, 0.4) is 0 Å². The Kier molecular flexibility index (Phi) is 2.28. The highest BCUT2D eigenvalue weighted by atomic mass is 16.5. The lowest BCUT2D eigenvalue weighted by Gasteiger charge is -2.06. The molecule has 2 N–H and O–H groups in total. The van der Waals surface area contributed by atoms with Crippen LogP contribution >= 0.6 is 0 Å². The first kappa shape index (κ1) is 7.81. The molecule has 4 nitrogen and oxygen atoms in total. The highest BCUT2D eigenvalue weighted by Gasteiger charge is 2.18. The van der Waals surface area contributed by atoms with Gasteiger partial charge in [-0.1, -0.05) is 0 Å². The van der Waals surface area contributed by atoms with E-state index in [1.165, 1.54) is 7.11 Å². The van der Waals surface area contributed by atoms with Gasteiger partial charge in [-0.25, -0.2) is 4.79 Å². The van der Waals surface area contributed by atoms with Crippen molar-refractivity contribution in [3.63, 3.8) is 0 Å². The molecule has 0 aromatic carbocycles. The normalized spacial score (nSPS) is 12.8. The molecule has 0 aliphatic rings. The molecule has 1 aromatic heterocycles. The largest absolute Gasteiger partial charge is 0.479 e. The van der Waals surface area contributed by atoms with Crippen molar-refractivity contribution in [3.8, 4) is 0 Å². The summed E-state index contributed by atoms with van der Waals surface area (Å²) >= 11 is 0. The van der Waals surface area contributed by atoms with Gasteiger partial charge < -0.3 is 14.8 Å². The molecule has 0 amide bonds. The van der Waals surface area contributed by atoms with Crippen LogP contribution in [0.25, 0.3) is 0 Å². The Bertz CT molecular complexity index is 230. The molecule has 1 rings (SSSR count). The molecule has 0 spiro atoms. The maximum Gasteiger partial charge on any atom is 0.339 e. The number of hydrogen-bond acceptors (Lipinski definition) is 2. The molecule has 11 heavy (non-hydrogen) atoms. The van der Waals surface area contributed by atoms with Crippen LogP contribution in [0, 0.1) is 0 Å². The molecule has 1 aromatic rings. The van der Waals surface area contributed by atoms with Gasteiger partial charge in [0.2, 0.25) is 0 Å². The summed E-state index contributed by atoms with van der Waals surface area (Å²) in [6.07, 6.45) is 0.773. The molecule has 60 valence electrons. The van der Waals surface area contributed by atoms with Crippen LogP contribution in [-0.4, -0.2) is 23.2 Å². The summed E-state index contributed by atoms with van der Waals surface area (Å²) in [5.41, 5.74) is 0.556. The smallest absolute Gasteiger partial charge is 0.339 e. The van der Waals surface area contributed by atoms with Crippen molar-refractivity contribution in [1.82, 2.24) is 4.98 Å². The van der Waals surface area contributed by atoms with E-state index in [0.29, 0.717) is 5.69 Å². The number of aromatic nitrogens is 1. The second-order valence-electron chi connectivity index (χ2n) is 2.08. The third kappa shape index (κ3) is 1.59. The Morgan fingerprint density at radius 3 is 2.91 bits per heavy atom. The maximum atomic E-state index is 10.5. The monoisotopic (exact) mass is 155 g/mol. The van der Waals surface area contributed by atoms with E-state index in [1.807, 2.05) is 0 Å². The number of carboxylic acid groups (broad SMARTS) is 1. The molecule has 1 heterocycles. The van der Waals surface area contributed by atoms with E-state index in [0.717, 1.165) is 0 Å². The van der Waals surface area contributed by atoms with Crippen molar-refractivity contribution in [1.29, 1.82) is 0 Å². The van der Waals surface area contributed by atoms with E-state index in [1.54, 1.807) is 18.3 Å². The summed E-state index contributed by atoms with van der Waals surface area (Å²) in [4.78, 5) is 13.2. The van der Waals surface area contributed by atoms with Gasteiger partial charge in [0.05, 0.1) is 5.69 Å². The Hall–Kier alpha value is -1.29. The zero-order chi connectivity index (χ0) is 8.27. The zero-order valence-electron chi connectivity index (χ0n) is 6.07. The standard InChI is InChI=1S/C7H9NO3/c1-11-6(7(9)10)5-3-2-4-8-5/h2-4,6,8H,1H3,(H,9,10)/t6-/m1/s1. The van der Waals surface area contributed by atoms with Crippen molar-refractivity contribution < 1.29 is 14.6 Å². The second kappa shape index (κ2) is 3.21. The minimum Gasteiger partial charge on any atom is -0.479 e. The van der Waals surface area contributed by atoms with Gasteiger partial charge in [0, 0.05) is 13.3 Å². The van der Waals surface area contributed by atoms with Crippen molar-refractivity contribution >= 4 is 5.97 Å². The first-order valence-corrected chi connectivity index (χ1v) is 3.14. The first-order valence-electron chi connectivity index (χ1n) is 3.14. The predicted octanol–water partition coefficient (Wildman–Crippen LogP) is 0.787. The van der Waals surface area contributed by atoms with Crippen LogP contribution in [0.4, 0.5) is 0 Å². The molecule has 0 unspecified atom stereocenters. The van der Waals surface area contributed by atoms with Crippen LogP contribution in [0.1, 0.15) is 11.8 Å². The number of ether oxygens (including phenoxy) is 1. The average molecular weight is 155 g/mol. The quantitative estimate of drug-likeness (QED) is 0.678. The van der Waals surface area contributed by atoms with Crippen molar-refractivity contribution in [2.24, 2.45) is 0 Å². The number of carbonyl (C=O) groups is 1. The lowest BCUT2D eigenvalue weighted by atomic mass is 10.2. The molecule has 4 heteroatoms. The lowest BCUT2D eigenvalue weighted by Crippen LogP contribution is -2.13. The second-order valence-corrected chi connectivity index (χ2v) is 2.08. The molecule has 1 atom stereocenters. The first-order chi connectivity index (χ1) is 5.25. The Labute approximate surface area is 63.8 Å². The van der Waals surface area contributed by atoms with Gasteiger partial charge in [0.15, 0.2) is 6.10 Å². The molecule has 0 fully saturated rings. The van der Waals surface area contributed by atoms with Crippen molar-refractivity contribution in [2.45, 2.75) is 6.10 Å². The number of H-pyrrole nitrogens is 1. The van der Waals surface area contributed by atoms with E-state index >= 15 is 0 Å². The van der Waals surface area contributed by atoms with Crippen LogP contribution in [0.15, 0.2) is 18.3 Å². The van der Waals surface area contributed by atoms with Gasteiger partial charge >= 0.3 is 5.97 Å². The third-order valence-electron chi connectivity index (χ3n) is 1.36. The van der Waals surface area contributed by atoms with Crippen molar-refractivity contribution in [2.75, 3.05) is 7.11 Å². The van der Waals surface area contributed by atoms with E-state index in [-0.39, 0.29) is 0 Å². The summed E-state index contributed by atoms with van der Waals surface area (Å²) in [5, 5.41) is 8.60. The highest BCUT2D eigenvalue weighted by Crippen LogP contribution is 2.13. The SMILES string of the molecule is CO[C@@H](C(=O)O)c1ccc[nH]1. The van der Waals surface area contributed by atoms with Gasteiger partial charge in [0.25, 0.3) is 0 Å². The molecule has 0 radical (unpaired) electrons. The minimum absolute atomic E-state index is 0.556. The third-order valence-corrected chi connectivity index (χ3v) is 1.36. The minimum atomic E-state index is -0.991. The highest BCUT2D eigenvalue weighted by molar-refractivity contribution is 5.73. The van der Waals surface area contributed by atoms with E-state index in [2.05, 4.69) is 4.98 Å². The van der Waals surface area contributed by atoms with Gasteiger partial charge in [-0.15, -0.1) is 0 Å². The molecule has 0 bridgehead atoms. The average Bonchev–Trinajstić information content (AvgIpc) is 2.40. The number of nitrogens with one attached hydrogen (secondary N) is 1. The number of methoxy groups -OCH3 is 1. The van der Waals surface area contributed by atoms with E-state index < -0.39 is 12.1 Å². The molecule has 0 saturated heterocycles. The fraction of sp³-hybridized carbons (Fsp3) is 0.286. The Balaban J connectivity index is 2.79. The van der Waals surface area contributed by atoms with Crippen LogP contribution < -0.4 is 0 Å². The summed E-state index contributed by atoms with van der Waals surface area (Å²) in [6, 6.07) is 3.40. The topological polar surface area (TPSA) is 62.3 Å². The number of aromatic amines is 1. The van der Waals surface area contributed by atoms with Gasteiger partial charge in [-0.2, -0.15) is 0 Å². The van der Waals surface area contributed by atoms with Gasteiger partial charge in [-0.05, 0) is 12.1 Å².